The van der Waals surface area contributed by atoms with Crippen molar-refractivity contribution in [3.05, 3.63) is 33.4 Å². The zero-order valence-corrected chi connectivity index (χ0v) is 12.6. The summed E-state index contributed by atoms with van der Waals surface area (Å²) in [5.74, 6) is 0.893. The number of nitrogens with zero attached hydrogens (tertiary/aromatic N) is 3. The Bertz CT molecular complexity index is 716. The second-order valence-electron chi connectivity index (χ2n) is 4.41. The van der Waals surface area contributed by atoms with Crippen LogP contribution in [0.15, 0.2) is 17.8 Å². The maximum absolute atomic E-state index is 4.47. The maximum atomic E-state index is 4.47. The van der Waals surface area contributed by atoms with Crippen LogP contribution in [0.2, 0.25) is 0 Å². The van der Waals surface area contributed by atoms with Gasteiger partial charge in [-0.2, -0.15) is 0 Å². The highest BCUT2D eigenvalue weighted by Gasteiger charge is 2.14. The zero-order valence-electron chi connectivity index (χ0n) is 11.0. The molecule has 0 saturated heterocycles. The van der Waals surface area contributed by atoms with E-state index in [0.717, 1.165) is 26.7 Å². The fourth-order valence-electron chi connectivity index (χ4n) is 2.12. The molecule has 3 heterocycles. The lowest BCUT2D eigenvalue weighted by molar-refractivity contribution is 0.881. The fourth-order valence-corrected chi connectivity index (χ4v) is 3.79. The number of aryl methyl sites for hydroxylation is 2. The third-order valence-electron chi connectivity index (χ3n) is 2.95. The number of hydrogen-bond acceptors (Lipinski definition) is 6. The summed E-state index contributed by atoms with van der Waals surface area (Å²) in [6.45, 7) is 6.23. The fraction of sp³-hybridized carbons (Fsp3) is 0.308. The molecule has 19 heavy (non-hydrogen) atoms. The van der Waals surface area contributed by atoms with Gasteiger partial charge in [0.2, 0.25) is 0 Å². The molecular formula is C13H14N4S2. The van der Waals surface area contributed by atoms with Gasteiger partial charge in [0.15, 0.2) is 0 Å². The van der Waals surface area contributed by atoms with Crippen LogP contribution < -0.4 is 5.32 Å². The number of aromatic nitrogens is 3. The van der Waals surface area contributed by atoms with E-state index in [-0.39, 0.29) is 6.04 Å². The highest BCUT2D eigenvalue weighted by Crippen LogP contribution is 2.30. The summed E-state index contributed by atoms with van der Waals surface area (Å²) in [6, 6.07) is 2.25. The van der Waals surface area contributed by atoms with E-state index in [2.05, 4.69) is 40.2 Å². The van der Waals surface area contributed by atoms with Gasteiger partial charge >= 0.3 is 0 Å². The topological polar surface area (TPSA) is 50.7 Å². The molecule has 0 amide bonds. The lowest BCUT2D eigenvalue weighted by Crippen LogP contribution is -2.08. The minimum atomic E-state index is 0.198. The van der Waals surface area contributed by atoms with Gasteiger partial charge in [-0.25, -0.2) is 15.0 Å². The van der Waals surface area contributed by atoms with E-state index in [0.29, 0.717) is 0 Å². The molecule has 6 heteroatoms. The molecule has 98 valence electrons. The number of anilines is 1. The van der Waals surface area contributed by atoms with Crippen molar-refractivity contribution in [2.24, 2.45) is 0 Å². The van der Waals surface area contributed by atoms with Crippen LogP contribution in [0.5, 0.6) is 0 Å². The van der Waals surface area contributed by atoms with Crippen LogP contribution in [-0.4, -0.2) is 15.0 Å². The molecule has 4 nitrogen and oxygen atoms in total. The van der Waals surface area contributed by atoms with E-state index < -0.39 is 0 Å². The summed E-state index contributed by atoms with van der Waals surface area (Å²) in [6.07, 6.45) is 1.61. The van der Waals surface area contributed by atoms with Gasteiger partial charge in [0.1, 0.15) is 17.0 Å². The third-order valence-corrected chi connectivity index (χ3v) is 5.02. The van der Waals surface area contributed by atoms with Crippen LogP contribution in [0.4, 0.5) is 5.82 Å². The smallest absolute Gasteiger partial charge is 0.138 e. The van der Waals surface area contributed by atoms with Crippen molar-refractivity contribution in [2.45, 2.75) is 26.8 Å². The minimum Gasteiger partial charge on any atom is -0.362 e. The molecule has 3 aromatic heterocycles. The number of nitrogens with one attached hydrogen (secondary N) is 1. The maximum Gasteiger partial charge on any atom is 0.138 e. The molecule has 0 fully saturated rings. The molecule has 1 atom stereocenters. The summed E-state index contributed by atoms with van der Waals surface area (Å²) < 4.78 is 0. The van der Waals surface area contributed by atoms with E-state index in [1.54, 1.807) is 29.0 Å². The average Bonchev–Trinajstić information content (AvgIpc) is 2.96. The SMILES string of the molecule is Cc1nc(C)c(C(C)Nc2ncnc3sccc23)s1. The Labute approximate surface area is 119 Å². The number of hydrogen-bond donors (Lipinski definition) is 1. The van der Waals surface area contributed by atoms with Crippen molar-refractivity contribution in [1.82, 2.24) is 15.0 Å². The average molecular weight is 290 g/mol. The van der Waals surface area contributed by atoms with Crippen molar-refractivity contribution in [1.29, 1.82) is 0 Å². The summed E-state index contributed by atoms with van der Waals surface area (Å²) in [5, 5.41) is 7.69. The first kappa shape index (κ1) is 12.5. The van der Waals surface area contributed by atoms with Gasteiger partial charge in [-0.05, 0) is 32.2 Å². The van der Waals surface area contributed by atoms with E-state index in [1.807, 2.05) is 12.3 Å². The van der Waals surface area contributed by atoms with Crippen molar-refractivity contribution in [3.63, 3.8) is 0 Å². The monoisotopic (exact) mass is 290 g/mol. The molecule has 0 aromatic carbocycles. The summed E-state index contributed by atoms with van der Waals surface area (Å²) >= 11 is 3.37. The molecule has 0 aliphatic rings. The van der Waals surface area contributed by atoms with Crippen molar-refractivity contribution < 1.29 is 0 Å². The second-order valence-corrected chi connectivity index (χ2v) is 6.54. The van der Waals surface area contributed by atoms with E-state index in [1.165, 1.54) is 4.88 Å². The van der Waals surface area contributed by atoms with E-state index >= 15 is 0 Å². The van der Waals surface area contributed by atoms with Gasteiger partial charge in [0.05, 0.1) is 22.1 Å². The quantitative estimate of drug-likeness (QED) is 0.794. The second kappa shape index (κ2) is 4.86. The third kappa shape index (κ3) is 2.33. The zero-order chi connectivity index (χ0) is 13.4. The van der Waals surface area contributed by atoms with E-state index in [9.17, 15) is 0 Å². The Balaban J connectivity index is 1.92. The molecule has 1 unspecified atom stereocenters. The predicted octanol–water partition coefficient (Wildman–Crippen LogP) is 3.94. The normalized spacial score (nSPS) is 12.8. The van der Waals surface area contributed by atoms with Gasteiger partial charge in [-0.3, -0.25) is 0 Å². The molecule has 3 aromatic rings. The molecule has 0 aliphatic heterocycles. The Hall–Kier alpha value is -1.53. The van der Waals surface area contributed by atoms with Gasteiger partial charge in [0.25, 0.3) is 0 Å². The van der Waals surface area contributed by atoms with Crippen LogP contribution in [-0.2, 0) is 0 Å². The number of thiophene rings is 1. The van der Waals surface area contributed by atoms with Crippen molar-refractivity contribution in [2.75, 3.05) is 5.32 Å². The van der Waals surface area contributed by atoms with Crippen LogP contribution >= 0.6 is 22.7 Å². The summed E-state index contributed by atoms with van der Waals surface area (Å²) in [4.78, 5) is 15.4. The Morgan fingerprint density at radius 1 is 1.26 bits per heavy atom. The van der Waals surface area contributed by atoms with Gasteiger partial charge in [-0.1, -0.05) is 0 Å². The predicted molar refractivity (Wildman–Crippen MR) is 81.0 cm³/mol. The minimum absolute atomic E-state index is 0.198. The number of thiazole rings is 1. The van der Waals surface area contributed by atoms with E-state index in [4.69, 9.17) is 0 Å². The van der Waals surface area contributed by atoms with Gasteiger partial charge in [0, 0.05) is 4.88 Å². The summed E-state index contributed by atoms with van der Waals surface area (Å²) in [5.41, 5.74) is 1.10. The molecule has 0 bridgehead atoms. The Morgan fingerprint density at radius 2 is 2.11 bits per heavy atom. The summed E-state index contributed by atoms with van der Waals surface area (Å²) in [7, 11) is 0. The van der Waals surface area contributed by atoms with Gasteiger partial charge in [-0.15, -0.1) is 22.7 Å². The van der Waals surface area contributed by atoms with Crippen LogP contribution in [0, 0.1) is 13.8 Å². The lowest BCUT2D eigenvalue weighted by Gasteiger charge is -2.13. The van der Waals surface area contributed by atoms with Crippen LogP contribution in [0.25, 0.3) is 10.2 Å². The molecule has 3 rings (SSSR count). The largest absolute Gasteiger partial charge is 0.362 e. The Morgan fingerprint density at radius 3 is 2.84 bits per heavy atom. The first-order chi connectivity index (χ1) is 9.15. The van der Waals surface area contributed by atoms with Crippen LogP contribution in [0.1, 0.15) is 28.5 Å². The van der Waals surface area contributed by atoms with Gasteiger partial charge < -0.3 is 5.32 Å². The molecule has 0 saturated carbocycles. The standard InChI is InChI=1S/C13H14N4S2/c1-7-11(19-9(3)16-7)8(2)17-12-10-4-5-18-13(10)15-6-14-12/h4-6,8H,1-3H3,(H,14,15,17). The molecule has 0 aliphatic carbocycles. The van der Waals surface area contributed by atoms with Crippen molar-refractivity contribution >= 4 is 38.7 Å². The molecule has 1 N–H and O–H groups in total. The molecule has 0 spiro atoms. The Kier molecular flexibility index (Phi) is 3.20. The lowest BCUT2D eigenvalue weighted by atomic mass is 10.2. The highest BCUT2D eigenvalue weighted by atomic mass is 32.1. The number of rotatable bonds is 3. The molecular weight excluding hydrogens is 276 g/mol. The molecule has 0 radical (unpaired) electrons. The first-order valence-electron chi connectivity index (χ1n) is 6.04. The van der Waals surface area contributed by atoms with Crippen LogP contribution in [0.3, 0.4) is 0 Å². The van der Waals surface area contributed by atoms with Crippen molar-refractivity contribution in [3.8, 4) is 0 Å². The first-order valence-corrected chi connectivity index (χ1v) is 7.73. The highest BCUT2D eigenvalue weighted by molar-refractivity contribution is 7.16. The number of fused-ring (bicyclic) bond motifs is 1.